The van der Waals surface area contributed by atoms with E-state index in [0.717, 1.165) is 18.8 Å². The second kappa shape index (κ2) is 6.36. The predicted molar refractivity (Wildman–Crippen MR) is 74.3 cm³/mol. The van der Waals surface area contributed by atoms with Crippen molar-refractivity contribution in [1.82, 2.24) is 5.32 Å². The first kappa shape index (κ1) is 14.3. The molecule has 6 heteroatoms. The maximum absolute atomic E-state index is 11.0. The fourth-order valence-corrected chi connectivity index (χ4v) is 2.85. The molecule has 1 aliphatic heterocycles. The van der Waals surface area contributed by atoms with Crippen LogP contribution in [-0.2, 0) is 15.8 Å². The minimum absolute atomic E-state index is 0.139. The summed E-state index contributed by atoms with van der Waals surface area (Å²) in [4.78, 5) is 0. The number of nitrogens with one attached hydrogen (secondary N) is 1. The highest BCUT2D eigenvalue weighted by Crippen LogP contribution is 2.16. The van der Waals surface area contributed by atoms with Gasteiger partial charge in [0.1, 0.15) is 5.75 Å². The Morgan fingerprint density at radius 2 is 2.05 bits per heavy atom. The summed E-state index contributed by atoms with van der Waals surface area (Å²) in [5, 5.41) is 8.34. The lowest BCUT2D eigenvalue weighted by molar-refractivity contribution is 0.218. The summed E-state index contributed by atoms with van der Waals surface area (Å²) in [6.07, 6.45) is 2.39. The molecule has 1 saturated heterocycles. The van der Waals surface area contributed by atoms with Gasteiger partial charge in [-0.25, -0.2) is 13.6 Å². The molecule has 1 unspecified atom stereocenters. The standard InChI is InChI=1S/C13H20N2O3S/c14-19(16,17)10-11-3-5-13(6-4-11)18-9-12-2-1-7-15-8-12/h3-6,12,15H,1-2,7-10H2,(H2,14,16,17). The number of rotatable bonds is 5. The lowest BCUT2D eigenvalue weighted by Gasteiger charge is -2.22. The van der Waals surface area contributed by atoms with Crippen LogP contribution in [0.3, 0.4) is 0 Å². The number of primary sulfonamides is 1. The van der Waals surface area contributed by atoms with Gasteiger partial charge < -0.3 is 10.1 Å². The first-order valence-electron chi connectivity index (χ1n) is 6.46. The van der Waals surface area contributed by atoms with Crippen molar-refractivity contribution in [3.63, 3.8) is 0 Å². The van der Waals surface area contributed by atoms with E-state index in [2.05, 4.69) is 5.32 Å². The zero-order valence-corrected chi connectivity index (χ0v) is 11.7. The van der Waals surface area contributed by atoms with Gasteiger partial charge in [0.2, 0.25) is 10.0 Å². The zero-order chi connectivity index (χ0) is 13.7. The molecule has 1 fully saturated rings. The van der Waals surface area contributed by atoms with Crippen molar-refractivity contribution in [2.24, 2.45) is 11.1 Å². The van der Waals surface area contributed by atoms with Crippen LogP contribution in [-0.4, -0.2) is 28.1 Å². The first-order chi connectivity index (χ1) is 9.03. The van der Waals surface area contributed by atoms with Crippen LogP contribution in [0.4, 0.5) is 0 Å². The van der Waals surface area contributed by atoms with Crippen LogP contribution >= 0.6 is 0 Å². The van der Waals surface area contributed by atoms with Crippen LogP contribution in [0.5, 0.6) is 5.75 Å². The van der Waals surface area contributed by atoms with E-state index in [1.165, 1.54) is 12.8 Å². The van der Waals surface area contributed by atoms with E-state index < -0.39 is 10.0 Å². The van der Waals surface area contributed by atoms with E-state index in [9.17, 15) is 8.42 Å². The predicted octanol–water partition coefficient (Wildman–Crippen LogP) is 0.853. The van der Waals surface area contributed by atoms with Gasteiger partial charge in [0.25, 0.3) is 0 Å². The summed E-state index contributed by atoms with van der Waals surface area (Å²) in [5.74, 6) is 1.18. The quantitative estimate of drug-likeness (QED) is 0.840. The van der Waals surface area contributed by atoms with Gasteiger partial charge in [0.15, 0.2) is 0 Å². The molecule has 0 spiro atoms. The molecule has 5 nitrogen and oxygen atoms in total. The molecule has 2 rings (SSSR count). The third-order valence-corrected chi connectivity index (χ3v) is 3.91. The number of hydrogen-bond donors (Lipinski definition) is 2. The molecule has 1 aromatic carbocycles. The highest BCUT2D eigenvalue weighted by molar-refractivity contribution is 7.88. The van der Waals surface area contributed by atoms with Crippen LogP contribution in [0.25, 0.3) is 0 Å². The number of sulfonamides is 1. The average Bonchev–Trinajstić information content (AvgIpc) is 2.37. The Morgan fingerprint density at radius 1 is 1.32 bits per heavy atom. The number of ether oxygens (including phenoxy) is 1. The summed E-state index contributed by atoms with van der Waals surface area (Å²) in [5.41, 5.74) is 0.675. The number of piperidine rings is 1. The van der Waals surface area contributed by atoms with Crippen molar-refractivity contribution in [3.05, 3.63) is 29.8 Å². The van der Waals surface area contributed by atoms with Crippen molar-refractivity contribution in [2.75, 3.05) is 19.7 Å². The van der Waals surface area contributed by atoms with Gasteiger partial charge in [-0.3, -0.25) is 0 Å². The summed E-state index contributed by atoms with van der Waals surface area (Å²) in [6, 6.07) is 7.05. The number of hydrogen-bond acceptors (Lipinski definition) is 4. The number of benzene rings is 1. The van der Waals surface area contributed by atoms with Crippen molar-refractivity contribution in [3.8, 4) is 5.75 Å². The van der Waals surface area contributed by atoms with E-state index >= 15 is 0 Å². The van der Waals surface area contributed by atoms with E-state index in [0.29, 0.717) is 18.1 Å². The Labute approximate surface area is 114 Å². The highest BCUT2D eigenvalue weighted by Gasteiger charge is 2.13. The molecule has 0 saturated carbocycles. The fourth-order valence-electron chi connectivity index (χ4n) is 2.19. The Hall–Kier alpha value is -1.11. The topological polar surface area (TPSA) is 81.4 Å². The maximum atomic E-state index is 11.0. The maximum Gasteiger partial charge on any atom is 0.213 e. The summed E-state index contributed by atoms with van der Waals surface area (Å²) >= 11 is 0. The van der Waals surface area contributed by atoms with E-state index in [1.54, 1.807) is 24.3 Å². The monoisotopic (exact) mass is 284 g/mol. The first-order valence-corrected chi connectivity index (χ1v) is 8.17. The normalized spacial score (nSPS) is 20.2. The van der Waals surface area contributed by atoms with E-state index in [1.807, 2.05) is 0 Å². The minimum Gasteiger partial charge on any atom is -0.493 e. The third kappa shape index (κ3) is 5.18. The van der Waals surface area contributed by atoms with Crippen LogP contribution in [0.1, 0.15) is 18.4 Å². The second-order valence-electron chi connectivity index (χ2n) is 4.97. The van der Waals surface area contributed by atoms with Crippen LogP contribution in [0.2, 0.25) is 0 Å². The Morgan fingerprint density at radius 3 is 2.63 bits per heavy atom. The molecule has 0 amide bonds. The van der Waals surface area contributed by atoms with E-state index in [4.69, 9.17) is 9.88 Å². The molecule has 3 N–H and O–H groups in total. The average molecular weight is 284 g/mol. The van der Waals surface area contributed by atoms with Gasteiger partial charge in [-0.15, -0.1) is 0 Å². The van der Waals surface area contributed by atoms with Crippen molar-refractivity contribution >= 4 is 10.0 Å². The Bertz CT molecular complexity index is 493. The highest BCUT2D eigenvalue weighted by atomic mass is 32.2. The molecule has 0 aliphatic carbocycles. The molecule has 1 atom stereocenters. The molecule has 0 radical (unpaired) electrons. The van der Waals surface area contributed by atoms with E-state index in [-0.39, 0.29) is 5.75 Å². The van der Waals surface area contributed by atoms with Crippen molar-refractivity contribution in [1.29, 1.82) is 0 Å². The third-order valence-electron chi connectivity index (χ3n) is 3.18. The molecule has 19 heavy (non-hydrogen) atoms. The minimum atomic E-state index is -3.47. The molecule has 1 aliphatic rings. The fraction of sp³-hybridized carbons (Fsp3) is 0.538. The largest absolute Gasteiger partial charge is 0.493 e. The van der Waals surface area contributed by atoms with Gasteiger partial charge in [-0.2, -0.15) is 0 Å². The lowest BCUT2D eigenvalue weighted by Crippen LogP contribution is -2.33. The molecular formula is C13H20N2O3S. The van der Waals surface area contributed by atoms with Gasteiger partial charge in [0.05, 0.1) is 12.4 Å². The smallest absolute Gasteiger partial charge is 0.213 e. The van der Waals surface area contributed by atoms with Crippen LogP contribution < -0.4 is 15.2 Å². The number of nitrogens with two attached hydrogens (primary N) is 1. The van der Waals surface area contributed by atoms with Gasteiger partial charge >= 0.3 is 0 Å². The molecular weight excluding hydrogens is 264 g/mol. The second-order valence-corrected chi connectivity index (χ2v) is 6.59. The molecule has 1 heterocycles. The van der Waals surface area contributed by atoms with Crippen LogP contribution in [0.15, 0.2) is 24.3 Å². The summed E-state index contributed by atoms with van der Waals surface area (Å²) in [7, 11) is -3.47. The molecule has 106 valence electrons. The Balaban J connectivity index is 1.84. The molecule has 0 aromatic heterocycles. The lowest BCUT2D eigenvalue weighted by atomic mass is 10.0. The SMILES string of the molecule is NS(=O)(=O)Cc1ccc(OCC2CCCNC2)cc1. The van der Waals surface area contributed by atoms with Gasteiger partial charge in [-0.1, -0.05) is 12.1 Å². The summed E-state index contributed by atoms with van der Waals surface area (Å²) in [6.45, 7) is 2.80. The van der Waals surface area contributed by atoms with Crippen molar-refractivity contribution < 1.29 is 13.2 Å². The van der Waals surface area contributed by atoms with Gasteiger partial charge in [-0.05, 0) is 37.1 Å². The molecule has 1 aromatic rings. The molecule has 0 bridgehead atoms. The zero-order valence-electron chi connectivity index (χ0n) is 10.8. The van der Waals surface area contributed by atoms with Crippen molar-refractivity contribution in [2.45, 2.75) is 18.6 Å². The van der Waals surface area contributed by atoms with Gasteiger partial charge in [0, 0.05) is 12.5 Å². The summed E-state index contributed by atoms with van der Waals surface area (Å²) < 4.78 is 27.6. The van der Waals surface area contributed by atoms with Crippen LogP contribution in [0, 0.1) is 5.92 Å². The Kier molecular flexibility index (Phi) is 4.79.